The summed E-state index contributed by atoms with van der Waals surface area (Å²) in [5, 5.41) is 3.21. The van der Waals surface area contributed by atoms with Crippen LogP contribution >= 0.6 is 27.3 Å². The normalized spacial score (nSPS) is 19.3. The van der Waals surface area contributed by atoms with Crippen molar-refractivity contribution in [2.75, 3.05) is 19.7 Å². The van der Waals surface area contributed by atoms with Crippen LogP contribution in [0.2, 0.25) is 0 Å². The molecule has 1 aliphatic heterocycles. The Hall–Kier alpha value is -1.25. The number of fused-ring (bicyclic) bond motifs is 1. The number of benzene rings is 2. The van der Waals surface area contributed by atoms with Gasteiger partial charge in [-0.05, 0) is 35.0 Å². The average molecular weight is 438 g/mol. The Balaban J connectivity index is 1.65. The van der Waals surface area contributed by atoms with E-state index in [1.807, 2.05) is 18.2 Å². The van der Waals surface area contributed by atoms with E-state index in [9.17, 15) is 8.42 Å². The molecule has 1 aliphatic rings. The molecule has 0 bridgehead atoms. The molecule has 0 spiro atoms. The van der Waals surface area contributed by atoms with Gasteiger partial charge in [0.15, 0.2) is 0 Å². The minimum atomic E-state index is -3.54. The summed E-state index contributed by atoms with van der Waals surface area (Å²) >= 11 is 5.00. The molecule has 0 aliphatic carbocycles. The van der Waals surface area contributed by atoms with E-state index in [1.54, 1.807) is 29.5 Å². The van der Waals surface area contributed by atoms with Crippen molar-refractivity contribution in [1.82, 2.24) is 4.31 Å². The van der Waals surface area contributed by atoms with Crippen LogP contribution in [0.1, 0.15) is 11.7 Å². The van der Waals surface area contributed by atoms with Crippen LogP contribution in [0.4, 0.5) is 0 Å². The molecule has 0 unspecified atom stereocenters. The Bertz CT molecular complexity index is 1020. The molecule has 0 radical (unpaired) electrons. The second-order valence-electron chi connectivity index (χ2n) is 5.87. The van der Waals surface area contributed by atoms with Crippen LogP contribution in [0.5, 0.6) is 0 Å². The standard InChI is InChI=1S/C18H16BrNO3S2/c19-13-4-3-5-14(10-13)25(21,22)20-8-9-23-17(11-20)16-12-24-18-7-2-1-6-15(16)18/h1-7,10,12,17H,8-9,11H2/t17-/m0/s1. The molecule has 7 heteroatoms. The minimum absolute atomic E-state index is 0.244. The molecule has 2 heterocycles. The zero-order valence-corrected chi connectivity index (χ0v) is 16.5. The van der Waals surface area contributed by atoms with Crippen LogP contribution in [0.15, 0.2) is 63.3 Å². The third kappa shape index (κ3) is 3.27. The van der Waals surface area contributed by atoms with Crippen molar-refractivity contribution < 1.29 is 13.2 Å². The first-order chi connectivity index (χ1) is 12.1. The Morgan fingerprint density at radius 3 is 2.84 bits per heavy atom. The highest BCUT2D eigenvalue weighted by molar-refractivity contribution is 9.10. The van der Waals surface area contributed by atoms with E-state index in [0.29, 0.717) is 24.6 Å². The maximum absolute atomic E-state index is 13.0. The predicted molar refractivity (Wildman–Crippen MR) is 103 cm³/mol. The second kappa shape index (κ2) is 6.81. The van der Waals surface area contributed by atoms with Crippen LogP contribution in [-0.2, 0) is 14.8 Å². The van der Waals surface area contributed by atoms with Crippen LogP contribution < -0.4 is 0 Å². The lowest BCUT2D eigenvalue weighted by Crippen LogP contribution is -2.42. The summed E-state index contributed by atoms with van der Waals surface area (Å²) in [6.45, 7) is 1.09. The summed E-state index contributed by atoms with van der Waals surface area (Å²) in [6, 6.07) is 15.0. The van der Waals surface area contributed by atoms with Crippen LogP contribution in [0, 0.1) is 0 Å². The van der Waals surface area contributed by atoms with Crippen molar-refractivity contribution in [2.24, 2.45) is 0 Å². The van der Waals surface area contributed by atoms with Gasteiger partial charge in [0.05, 0.1) is 17.6 Å². The SMILES string of the molecule is O=S(=O)(c1cccc(Br)c1)N1CCO[C@H](c2csc3ccccc23)C1. The van der Waals surface area contributed by atoms with Crippen molar-refractivity contribution in [3.8, 4) is 0 Å². The number of thiophene rings is 1. The van der Waals surface area contributed by atoms with Gasteiger partial charge in [-0.3, -0.25) is 0 Å². The summed E-state index contributed by atoms with van der Waals surface area (Å²) < 4.78 is 35.3. The number of ether oxygens (including phenoxy) is 1. The fourth-order valence-corrected chi connectivity index (χ4v) is 6.08. The molecule has 1 saturated heterocycles. The lowest BCUT2D eigenvalue weighted by molar-refractivity contribution is -0.00154. The molecule has 130 valence electrons. The molecular formula is C18H16BrNO3S2. The van der Waals surface area contributed by atoms with Gasteiger partial charge in [-0.25, -0.2) is 8.42 Å². The molecule has 0 N–H and O–H groups in total. The van der Waals surface area contributed by atoms with Gasteiger partial charge in [0.2, 0.25) is 10.0 Å². The summed E-state index contributed by atoms with van der Waals surface area (Å²) in [4.78, 5) is 0.303. The number of halogens is 1. The van der Waals surface area contributed by atoms with E-state index >= 15 is 0 Å². The molecule has 1 fully saturated rings. The number of nitrogens with zero attached hydrogens (tertiary/aromatic N) is 1. The summed E-state index contributed by atoms with van der Waals surface area (Å²) in [7, 11) is -3.54. The molecule has 1 atom stereocenters. The molecule has 0 amide bonds. The molecule has 2 aromatic carbocycles. The van der Waals surface area contributed by atoms with Gasteiger partial charge in [0, 0.05) is 27.8 Å². The molecular weight excluding hydrogens is 422 g/mol. The molecule has 1 aromatic heterocycles. The number of morpholine rings is 1. The molecule has 4 rings (SSSR count). The van der Waals surface area contributed by atoms with E-state index in [-0.39, 0.29) is 6.10 Å². The van der Waals surface area contributed by atoms with Crippen molar-refractivity contribution in [1.29, 1.82) is 0 Å². The average Bonchev–Trinajstić information content (AvgIpc) is 3.06. The van der Waals surface area contributed by atoms with Gasteiger partial charge in [0.25, 0.3) is 0 Å². The highest BCUT2D eigenvalue weighted by Crippen LogP contribution is 2.35. The monoisotopic (exact) mass is 437 g/mol. The van der Waals surface area contributed by atoms with Crippen LogP contribution in [0.25, 0.3) is 10.1 Å². The fraction of sp³-hybridized carbons (Fsp3) is 0.222. The van der Waals surface area contributed by atoms with E-state index in [1.165, 1.54) is 9.01 Å². The summed E-state index contributed by atoms with van der Waals surface area (Å²) in [5.41, 5.74) is 1.06. The van der Waals surface area contributed by atoms with Crippen LogP contribution in [0.3, 0.4) is 0 Å². The van der Waals surface area contributed by atoms with Crippen LogP contribution in [-0.4, -0.2) is 32.4 Å². The van der Waals surface area contributed by atoms with Gasteiger partial charge in [0.1, 0.15) is 0 Å². The lowest BCUT2D eigenvalue weighted by Gasteiger charge is -2.32. The first-order valence-electron chi connectivity index (χ1n) is 7.89. The van der Waals surface area contributed by atoms with E-state index in [4.69, 9.17) is 4.74 Å². The maximum atomic E-state index is 13.0. The Kier molecular flexibility index (Phi) is 4.68. The third-order valence-electron chi connectivity index (χ3n) is 4.32. The van der Waals surface area contributed by atoms with E-state index in [2.05, 4.69) is 33.4 Å². The lowest BCUT2D eigenvalue weighted by atomic mass is 10.1. The molecule has 3 aromatic rings. The Labute approximate surface area is 159 Å². The molecule has 25 heavy (non-hydrogen) atoms. The highest BCUT2D eigenvalue weighted by Gasteiger charge is 2.32. The van der Waals surface area contributed by atoms with Gasteiger partial charge in [-0.15, -0.1) is 11.3 Å². The quantitative estimate of drug-likeness (QED) is 0.608. The Morgan fingerprint density at radius 2 is 2.00 bits per heavy atom. The smallest absolute Gasteiger partial charge is 0.243 e. The van der Waals surface area contributed by atoms with Gasteiger partial charge >= 0.3 is 0 Å². The number of hydrogen-bond acceptors (Lipinski definition) is 4. The fourth-order valence-electron chi connectivity index (χ4n) is 3.06. The molecule has 4 nitrogen and oxygen atoms in total. The van der Waals surface area contributed by atoms with Crippen molar-refractivity contribution in [3.05, 3.63) is 63.9 Å². The predicted octanol–water partition coefficient (Wildman–Crippen LogP) is 4.43. The van der Waals surface area contributed by atoms with Crippen molar-refractivity contribution in [3.63, 3.8) is 0 Å². The number of hydrogen-bond donors (Lipinski definition) is 0. The van der Waals surface area contributed by atoms with Gasteiger partial charge < -0.3 is 4.74 Å². The van der Waals surface area contributed by atoms with Gasteiger partial charge in [-0.1, -0.05) is 40.2 Å². The summed E-state index contributed by atoms with van der Waals surface area (Å²) in [5.74, 6) is 0. The zero-order valence-electron chi connectivity index (χ0n) is 13.3. The topological polar surface area (TPSA) is 46.6 Å². The summed E-state index contributed by atoms with van der Waals surface area (Å²) in [6.07, 6.45) is -0.244. The zero-order chi connectivity index (χ0) is 17.4. The maximum Gasteiger partial charge on any atom is 0.243 e. The highest BCUT2D eigenvalue weighted by atomic mass is 79.9. The Morgan fingerprint density at radius 1 is 1.16 bits per heavy atom. The van der Waals surface area contributed by atoms with Crippen molar-refractivity contribution >= 4 is 47.4 Å². The minimum Gasteiger partial charge on any atom is -0.371 e. The van der Waals surface area contributed by atoms with Gasteiger partial charge in [-0.2, -0.15) is 4.31 Å². The third-order valence-corrected chi connectivity index (χ3v) is 7.66. The largest absolute Gasteiger partial charge is 0.371 e. The van der Waals surface area contributed by atoms with Crippen molar-refractivity contribution in [2.45, 2.75) is 11.0 Å². The van der Waals surface area contributed by atoms with E-state index in [0.717, 1.165) is 15.4 Å². The number of rotatable bonds is 3. The second-order valence-corrected chi connectivity index (χ2v) is 9.63. The first-order valence-corrected chi connectivity index (χ1v) is 11.0. The first kappa shape index (κ1) is 17.2. The number of sulfonamides is 1. The molecule has 0 saturated carbocycles. The van der Waals surface area contributed by atoms with E-state index < -0.39 is 10.0 Å².